The Hall–Kier alpha value is -2.43. The van der Waals surface area contributed by atoms with Crippen LogP contribution >= 0.6 is 0 Å². The number of alkyl halides is 3. The number of rotatable bonds is 4. The number of amides is 1. The summed E-state index contributed by atoms with van der Waals surface area (Å²) in [7, 11) is 0. The zero-order valence-corrected chi connectivity index (χ0v) is 13.5. The number of piperidine rings is 1. The number of nitrogens with one attached hydrogen (secondary N) is 1. The summed E-state index contributed by atoms with van der Waals surface area (Å²) in [6.07, 6.45) is -3.50. The highest BCUT2D eigenvalue weighted by atomic mass is 19.4. The van der Waals surface area contributed by atoms with Gasteiger partial charge >= 0.3 is 6.18 Å². The fourth-order valence-electron chi connectivity index (χ4n) is 2.72. The summed E-state index contributed by atoms with van der Waals surface area (Å²) in [5.74, 6) is -1.13. The molecule has 1 N–H and O–H groups in total. The molecule has 136 valence electrons. The van der Waals surface area contributed by atoms with Crippen LogP contribution in [0, 0.1) is 5.92 Å². The molecule has 0 saturated carbocycles. The number of hydroxylamine groups is 1. The van der Waals surface area contributed by atoms with Crippen molar-refractivity contribution >= 4 is 17.4 Å². The van der Waals surface area contributed by atoms with Crippen molar-refractivity contribution in [1.82, 2.24) is 25.3 Å². The molecule has 0 aliphatic carbocycles. The van der Waals surface area contributed by atoms with E-state index in [1.807, 2.05) is 4.90 Å². The molecule has 2 aromatic rings. The van der Waals surface area contributed by atoms with Crippen LogP contribution in [0.1, 0.15) is 25.6 Å². The van der Waals surface area contributed by atoms with Crippen LogP contribution in [0.3, 0.4) is 0 Å². The van der Waals surface area contributed by atoms with E-state index in [9.17, 15) is 18.0 Å². The smallest absolute Gasteiger partial charge is 0.355 e. The first-order valence-electron chi connectivity index (χ1n) is 7.86. The second-order valence-electron chi connectivity index (χ2n) is 5.64. The molecule has 0 bridgehead atoms. The van der Waals surface area contributed by atoms with Gasteiger partial charge in [-0.25, -0.2) is 5.48 Å². The Kier molecular flexibility index (Phi) is 4.75. The van der Waals surface area contributed by atoms with E-state index in [1.54, 1.807) is 13.0 Å². The van der Waals surface area contributed by atoms with Crippen LogP contribution in [0.25, 0.3) is 5.65 Å². The molecule has 0 aromatic carbocycles. The van der Waals surface area contributed by atoms with E-state index in [-0.39, 0.29) is 17.5 Å². The Labute approximate surface area is 140 Å². The molecule has 0 radical (unpaired) electrons. The van der Waals surface area contributed by atoms with Crippen molar-refractivity contribution < 1.29 is 22.8 Å². The maximum Gasteiger partial charge on any atom is 0.453 e. The number of hydrogen-bond acceptors (Lipinski definition) is 6. The Morgan fingerprint density at radius 1 is 1.32 bits per heavy atom. The molecule has 1 aliphatic rings. The molecular weight excluding hydrogens is 341 g/mol. The maximum atomic E-state index is 12.9. The number of anilines is 1. The molecule has 3 heterocycles. The number of aromatic nitrogens is 4. The fourth-order valence-corrected chi connectivity index (χ4v) is 2.72. The molecule has 0 spiro atoms. The summed E-state index contributed by atoms with van der Waals surface area (Å²) >= 11 is 0. The Bertz CT molecular complexity index is 755. The van der Waals surface area contributed by atoms with E-state index in [2.05, 4.69) is 20.8 Å². The van der Waals surface area contributed by atoms with Crippen molar-refractivity contribution in [1.29, 1.82) is 0 Å². The zero-order valence-electron chi connectivity index (χ0n) is 13.5. The van der Waals surface area contributed by atoms with Crippen LogP contribution in [-0.4, -0.2) is 45.4 Å². The first-order chi connectivity index (χ1) is 11.9. The van der Waals surface area contributed by atoms with E-state index >= 15 is 0 Å². The van der Waals surface area contributed by atoms with Gasteiger partial charge in [-0.1, -0.05) is 0 Å². The molecular formula is C14H17F3N6O2. The van der Waals surface area contributed by atoms with Gasteiger partial charge in [-0.15, -0.1) is 15.3 Å². The van der Waals surface area contributed by atoms with E-state index in [4.69, 9.17) is 4.84 Å². The van der Waals surface area contributed by atoms with E-state index < -0.39 is 12.0 Å². The third kappa shape index (κ3) is 3.65. The summed E-state index contributed by atoms with van der Waals surface area (Å²) in [6, 6.07) is 3.04. The minimum Gasteiger partial charge on any atom is -0.355 e. The van der Waals surface area contributed by atoms with Gasteiger partial charge in [-0.2, -0.15) is 17.7 Å². The van der Waals surface area contributed by atoms with E-state index in [1.165, 1.54) is 6.07 Å². The maximum absolute atomic E-state index is 12.9. The van der Waals surface area contributed by atoms with Gasteiger partial charge in [-0.3, -0.25) is 9.63 Å². The quantitative estimate of drug-likeness (QED) is 0.833. The predicted molar refractivity (Wildman–Crippen MR) is 80.5 cm³/mol. The van der Waals surface area contributed by atoms with Crippen LogP contribution < -0.4 is 10.4 Å². The van der Waals surface area contributed by atoms with Crippen molar-refractivity contribution in [2.45, 2.75) is 25.9 Å². The Balaban J connectivity index is 1.72. The minimum absolute atomic E-state index is 0.0297. The lowest BCUT2D eigenvalue weighted by Gasteiger charge is -2.31. The van der Waals surface area contributed by atoms with Crippen molar-refractivity contribution in [3.63, 3.8) is 0 Å². The Morgan fingerprint density at radius 2 is 2.04 bits per heavy atom. The molecule has 1 aliphatic heterocycles. The average Bonchev–Trinajstić information content (AvgIpc) is 3.03. The molecule has 0 unspecified atom stereocenters. The number of carbonyl (C=O) groups is 1. The molecule has 0 atom stereocenters. The van der Waals surface area contributed by atoms with Crippen molar-refractivity contribution in [2.24, 2.45) is 5.92 Å². The van der Waals surface area contributed by atoms with Crippen molar-refractivity contribution in [3.05, 3.63) is 18.0 Å². The molecule has 3 rings (SSSR count). The molecule has 2 aromatic heterocycles. The third-order valence-electron chi connectivity index (χ3n) is 4.01. The summed E-state index contributed by atoms with van der Waals surface area (Å²) in [5, 5.41) is 10.7. The lowest BCUT2D eigenvalue weighted by atomic mass is 9.96. The van der Waals surface area contributed by atoms with E-state index in [0.29, 0.717) is 42.9 Å². The predicted octanol–water partition coefficient (Wildman–Crippen LogP) is 1.43. The van der Waals surface area contributed by atoms with Gasteiger partial charge in [0.15, 0.2) is 5.65 Å². The zero-order chi connectivity index (χ0) is 18.0. The van der Waals surface area contributed by atoms with Gasteiger partial charge in [0.2, 0.25) is 5.91 Å². The summed E-state index contributed by atoms with van der Waals surface area (Å²) in [6.45, 7) is 3.16. The van der Waals surface area contributed by atoms with Gasteiger partial charge in [0, 0.05) is 19.0 Å². The third-order valence-corrected chi connectivity index (χ3v) is 4.01. The van der Waals surface area contributed by atoms with Crippen LogP contribution in [-0.2, 0) is 15.8 Å². The van der Waals surface area contributed by atoms with Crippen molar-refractivity contribution in [2.75, 3.05) is 24.6 Å². The number of fused-ring (bicyclic) bond motifs is 1. The highest BCUT2D eigenvalue weighted by Gasteiger charge is 2.38. The van der Waals surface area contributed by atoms with Crippen LogP contribution in [0.2, 0.25) is 0 Å². The molecule has 11 heteroatoms. The van der Waals surface area contributed by atoms with Gasteiger partial charge in [0.05, 0.1) is 6.61 Å². The normalized spacial score (nSPS) is 16.4. The first-order valence-corrected chi connectivity index (χ1v) is 7.86. The van der Waals surface area contributed by atoms with Crippen LogP contribution in [0.4, 0.5) is 19.0 Å². The van der Waals surface area contributed by atoms with Gasteiger partial charge in [0.1, 0.15) is 5.82 Å². The largest absolute Gasteiger partial charge is 0.453 e. The number of carbonyl (C=O) groups excluding carboxylic acids is 1. The van der Waals surface area contributed by atoms with Gasteiger partial charge in [0.25, 0.3) is 5.82 Å². The van der Waals surface area contributed by atoms with E-state index in [0.717, 1.165) is 0 Å². The van der Waals surface area contributed by atoms with Gasteiger partial charge in [-0.05, 0) is 31.9 Å². The monoisotopic (exact) mass is 358 g/mol. The highest BCUT2D eigenvalue weighted by molar-refractivity contribution is 5.77. The molecule has 1 amide bonds. The topological polar surface area (TPSA) is 84.6 Å². The fraction of sp³-hybridized carbons (Fsp3) is 0.571. The molecule has 25 heavy (non-hydrogen) atoms. The Morgan fingerprint density at radius 3 is 2.68 bits per heavy atom. The lowest BCUT2D eigenvalue weighted by Crippen LogP contribution is -2.41. The number of halogens is 3. The second kappa shape index (κ2) is 6.82. The summed E-state index contributed by atoms with van der Waals surface area (Å²) < 4.78 is 39.5. The second-order valence-corrected chi connectivity index (χ2v) is 5.64. The minimum atomic E-state index is -4.63. The average molecular weight is 358 g/mol. The van der Waals surface area contributed by atoms with Gasteiger partial charge < -0.3 is 4.90 Å². The molecule has 8 nitrogen and oxygen atoms in total. The first kappa shape index (κ1) is 17.4. The highest BCUT2D eigenvalue weighted by Crippen LogP contribution is 2.28. The SMILES string of the molecule is CCONC(=O)C1CCN(c2ccc3nnc(C(F)(F)F)n3n2)CC1. The molecule has 1 saturated heterocycles. The van der Waals surface area contributed by atoms with Crippen LogP contribution in [0.15, 0.2) is 12.1 Å². The summed E-state index contributed by atoms with van der Waals surface area (Å²) in [4.78, 5) is 18.6. The number of nitrogens with zero attached hydrogens (tertiary/aromatic N) is 5. The lowest BCUT2D eigenvalue weighted by molar-refractivity contribution is -0.146. The molecule has 1 fully saturated rings. The van der Waals surface area contributed by atoms with Crippen molar-refractivity contribution in [3.8, 4) is 0 Å². The standard InChI is InChI=1S/C14H17F3N6O2/c1-2-25-21-12(24)9-5-7-22(8-6-9)11-4-3-10-18-19-13(14(15,16)17)23(10)20-11/h3-4,9H,2,5-8H2,1H3,(H,21,24). The van der Waals surface area contributed by atoms with Crippen LogP contribution in [0.5, 0.6) is 0 Å². The summed E-state index contributed by atoms with van der Waals surface area (Å²) in [5.41, 5.74) is 2.41. The number of hydrogen-bond donors (Lipinski definition) is 1.